The number of hydrogen-bond acceptors (Lipinski definition) is 4. The minimum absolute atomic E-state index is 0. The number of likely N-dealkylation sites (N-methyl/N-ethyl adjacent to an activating group) is 1. The van der Waals surface area contributed by atoms with E-state index < -0.39 is 0 Å². The smallest absolute Gasteiger partial charge is 0.191 e. The van der Waals surface area contributed by atoms with Gasteiger partial charge in [-0.25, -0.2) is 0 Å². The second kappa shape index (κ2) is 12.5. The Kier molecular flexibility index (Phi) is 11.1. The Labute approximate surface area is 187 Å². The second-order valence-corrected chi connectivity index (χ2v) is 7.50. The van der Waals surface area contributed by atoms with Crippen LogP contribution in [-0.4, -0.2) is 69.4 Å². The summed E-state index contributed by atoms with van der Waals surface area (Å²) in [6.45, 7) is 10.1. The molecule has 1 saturated heterocycles. The number of aliphatic imine (C=N–C) groups is 1. The maximum Gasteiger partial charge on any atom is 0.191 e. The third-order valence-electron chi connectivity index (χ3n) is 5.23. The molecule has 0 spiro atoms. The second-order valence-electron chi connectivity index (χ2n) is 7.50. The topological polar surface area (TPSA) is 58.1 Å². The molecule has 1 aliphatic rings. The molecule has 0 aromatic heterocycles. The molecule has 0 radical (unpaired) electrons. The van der Waals surface area contributed by atoms with E-state index in [9.17, 15) is 0 Å². The van der Waals surface area contributed by atoms with E-state index in [0.717, 1.165) is 56.4 Å². The van der Waals surface area contributed by atoms with Crippen molar-refractivity contribution < 1.29 is 9.47 Å². The Morgan fingerprint density at radius 3 is 2.54 bits per heavy atom. The van der Waals surface area contributed by atoms with Gasteiger partial charge < -0.3 is 25.0 Å². The summed E-state index contributed by atoms with van der Waals surface area (Å²) in [4.78, 5) is 7.17. The molecule has 7 heteroatoms. The van der Waals surface area contributed by atoms with Crippen molar-refractivity contribution in [2.24, 2.45) is 4.99 Å². The Morgan fingerprint density at radius 1 is 1.25 bits per heavy atom. The summed E-state index contributed by atoms with van der Waals surface area (Å²) in [7, 11) is 4.28. The Hall–Kier alpha value is -1.06. The normalized spacial score (nSPS) is 17.6. The summed E-state index contributed by atoms with van der Waals surface area (Å²) in [6, 6.07) is 8.10. The van der Waals surface area contributed by atoms with Gasteiger partial charge in [-0.2, -0.15) is 0 Å². The minimum Gasteiger partial charge on any atom is -0.489 e. The molecule has 1 heterocycles. The van der Waals surface area contributed by atoms with Crippen LogP contribution < -0.4 is 15.4 Å². The van der Waals surface area contributed by atoms with Gasteiger partial charge in [0, 0.05) is 25.3 Å². The summed E-state index contributed by atoms with van der Waals surface area (Å²) in [5, 5.41) is 6.76. The van der Waals surface area contributed by atoms with E-state index in [4.69, 9.17) is 14.5 Å². The monoisotopic (exact) mass is 504 g/mol. The molecule has 160 valence electrons. The molecule has 6 nitrogen and oxygen atoms in total. The Morgan fingerprint density at radius 2 is 1.93 bits per heavy atom. The molecule has 1 aliphatic heterocycles. The highest BCUT2D eigenvalue weighted by atomic mass is 127. The summed E-state index contributed by atoms with van der Waals surface area (Å²) < 4.78 is 11.6. The Balaban J connectivity index is 0.00000392. The highest BCUT2D eigenvalue weighted by Gasteiger charge is 2.34. The van der Waals surface area contributed by atoms with Gasteiger partial charge in [-0.3, -0.25) is 4.99 Å². The number of benzene rings is 1. The minimum atomic E-state index is 0. The zero-order chi connectivity index (χ0) is 19.7. The standard InChI is InChI=1S/C21H36N4O2.HI/c1-6-22-20(24-16-21(25(4)5)11-13-26-14-12-21)23-15-18(3)27-19-10-8-7-9-17(19)2;/h7-10,18H,6,11-16H2,1-5H3,(H2,22,23,24);1H. The molecule has 0 bridgehead atoms. The zero-order valence-corrected chi connectivity index (χ0v) is 20.3. The average molecular weight is 504 g/mol. The maximum atomic E-state index is 6.06. The van der Waals surface area contributed by atoms with Crippen LogP contribution in [0.2, 0.25) is 0 Å². The third kappa shape index (κ3) is 7.40. The number of halogens is 1. The first-order chi connectivity index (χ1) is 13.0. The van der Waals surface area contributed by atoms with Gasteiger partial charge in [0.25, 0.3) is 0 Å². The zero-order valence-electron chi connectivity index (χ0n) is 18.0. The molecule has 1 aromatic carbocycles. The predicted molar refractivity (Wildman–Crippen MR) is 127 cm³/mol. The molecular formula is C21H37IN4O2. The summed E-state index contributed by atoms with van der Waals surface area (Å²) in [5.74, 6) is 1.77. The quantitative estimate of drug-likeness (QED) is 0.324. The molecule has 2 N–H and O–H groups in total. The number of ether oxygens (including phenoxy) is 2. The molecule has 1 unspecified atom stereocenters. The van der Waals surface area contributed by atoms with Crippen molar-refractivity contribution in [2.75, 3.05) is 46.9 Å². The lowest BCUT2D eigenvalue weighted by Crippen LogP contribution is -2.52. The molecule has 28 heavy (non-hydrogen) atoms. The predicted octanol–water partition coefficient (Wildman–Crippen LogP) is 3.05. The van der Waals surface area contributed by atoms with Gasteiger partial charge in [0.2, 0.25) is 0 Å². The van der Waals surface area contributed by atoms with Crippen molar-refractivity contribution in [2.45, 2.75) is 45.3 Å². The van der Waals surface area contributed by atoms with E-state index >= 15 is 0 Å². The Bertz CT molecular complexity index is 604. The van der Waals surface area contributed by atoms with Gasteiger partial charge in [-0.05, 0) is 59.3 Å². The van der Waals surface area contributed by atoms with Crippen LogP contribution in [-0.2, 0) is 4.74 Å². The summed E-state index contributed by atoms with van der Waals surface area (Å²) >= 11 is 0. The van der Waals surface area contributed by atoms with Crippen molar-refractivity contribution in [1.29, 1.82) is 0 Å². The largest absolute Gasteiger partial charge is 0.489 e. The van der Waals surface area contributed by atoms with Crippen LogP contribution in [0.4, 0.5) is 0 Å². The fourth-order valence-electron chi connectivity index (χ4n) is 3.25. The SMILES string of the molecule is CCNC(=NCC1(N(C)C)CCOCC1)NCC(C)Oc1ccccc1C.I. The van der Waals surface area contributed by atoms with Crippen LogP contribution in [0.1, 0.15) is 32.3 Å². The van der Waals surface area contributed by atoms with Crippen LogP contribution >= 0.6 is 24.0 Å². The summed E-state index contributed by atoms with van der Waals surface area (Å²) in [6.07, 6.45) is 2.06. The highest BCUT2D eigenvalue weighted by Crippen LogP contribution is 2.26. The first-order valence-electron chi connectivity index (χ1n) is 9.96. The first kappa shape index (κ1) is 25.0. The van der Waals surface area contributed by atoms with Crippen molar-refractivity contribution in [3.63, 3.8) is 0 Å². The van der Waals surface area contributed by atoms with Crippen molar-refractivity contribution in [3.8, 4) is 5.75 Å². The van der Waals surface area contributed by atoms with Crippen molar-refractivity contribution >= 4 is 29.9 Å². The van der Waals surface area contributed by atoms with E-state index in [1.807, 2.05) is 18.2 Å². The van der Waals surface area contributed by atoms with E-state index in [0.29, 0.717) is 6.54 Å². The lowest BCUT2D eigenvalue weighted by molar-refractivity contribution is -0.00255. The first-order valence-corrected chi connectivity index (χ1v) is 9.96. The molecule has 1 aromatic rings. The number of nitrogens with zero attached hydrogens (tertiary/aromatic N) is 2. The molecule has 2 rings (SSSR count). The lowest BCUT2D eigenvalue weighted by Gasteiger charge is -2.41. The van der Waals surface area contributed by atoms with Gasteiger partial charge >= 0.3 is 0 Å². The fourth-order valence-corrected chi connectivity index (χ4v) is 3.25. The van der Waals surface area contributed by atoms with E-state index in [-0.39, 0.29) is 35.6 Å². The van der Waals surface area contributed by atoms with E-state index in [2.05, 4.69) is 56.5 Å². The maximum absolute atomic E-state index is 6.06. The molecule has 0 amide bonds. The average Bonchev–Trinajstić information content (AvgIpc) is 2.66. The van der Waals surface area contributed by atoms with Gasteiger partial charge in [0.1, 0.15) is 11.9 Å². The molecule has 0 aliphatic carbocycles. The third-order valence-corrected chi connectivity index (χ3v) is 5.23. The van der Waals surface area contributed by atoms with Gasteiger partial charge in [-0.15, -0.1) is 24.0 Å². The van der Waals surface area contributed by atoms with Gasteiger partial charge in [0.05, 0.1) is 13.1 Å². The van der Waals surface area contributed by atoms with Crippen molar-refractivity contribution in [1.82, 2.24) is 15.5 Å². The van der Waals surface area contributed by atoms with Crippen LogP contribution in [0.3, 0.4) is 0 Å². The van der Waals surface area contributed by atoms with Crippen LogP contribution in [0.15, 0.2) is 29.3 Å². The van der Waals surface area contributed by atoms with Crippen molar-refractivity contribution in [3.05, 3.63) is 29.8 Å². The van der Waals surface area contributed by atoms with E-state index in [1.165, 1.54) is 0 Å². The molecule has 0 saturated carbocycles. The van der Waals surface area contributed by atoms with Gasteiger partial charge in [0.15, 0.2) is 5.96 Å². The number of aryl methyl sites for hydroxylation is 1. The molecular weight excluding hydrogens is 467 g/mol. The molecule has 1 fully saturated rings. The number of para-hydroxylation sites is 1. The summed E-state index contributed by atoms with van der Waals surface area (Å²) in [5.41, 5.74) is 1.22. The number of guanidine groups is 1. The van der Waals surface area contributed by atoms with Crippen LogP contribution in [0, 0.1) is 6.92 Å². The van der Waals surface area contributed by atoms with Gasteiger partial charge in [-0.1, -0.05) is 18.2 Å². The number of hydrogen-bond donors (Lipinski definition) is 2. The number of nitrogens with one attached hydrogen (secondary N) is 2. The van der Waals surface area contributed by atoms with Crippen LogP contribution in [0.5, 0.6) is 5.75 Å². The molecule has 1 atom stereocenters. The van der Waals surface area contributed by atoms with Crippen LogP contribution in [0.25, 0.3) is 0 Å². The number of rotatable bonds is 8. The fraction of sp³-hybridized carbons (Fsp3) is 0.667. The highest BCUT2D eigenvalue weighted by molar-refractivity contribution is 14.0. The lowest BCUT2D eigenvalue weighted by atomic mass is 9.89. The van der Waals surface area contributed by atoms with E-state index in [1.54, 1.807) is 0 Å².